The fraction of sp³-hybridized carbons (Fsp3) is 0.478. The van der Waals surface area contributed by atoms with Crippen LogP contribution in [0.5, 0.6) is 0 Å². The number of halogens is 2. The average Bonchev–Trinajstić information content (AvgIpc) is 2.58. The first-order valence-corrected chi connectivity index (χ1v) is 10.7. The van der Waals surface area contributed by atoms with E-state index in [1.165, 1.54) is 12.1 Å². The lowest BCUT2D eigenvalue weighted by Gasteiger charge is -2.33. The number of hydrogen-bond acceptors (Lipinski definition) is 4. The molecule has 0 bridgehead atoms. The predicted molar refractivity (Wildman–Crippen MR) is 110 cm³/mol. The summed E-state index contributed by atoms with van der Waals surface area (Å²) in [7, 11) is 0. The molecule has 1 aromatic heterocycles. The minimum Gasteiger partial charge on any atom is -0.462 e. The lowest BCUT2D eigenvalue weighted by Crippen LogP contribution is -2.24. The van der Waals surface area contributed by atoms with E-state index < -0.39 is 11.8 Å². The Morgan fingerprint density at radius 2 is 1.86 bits per heavy atom. The van der Waals surface area contributed by atoms with Gasteiger partial charge in [-0.3, -0.25) is 4.98 Å². The summed E-state index contributed by atoms with van der Waals surface area (Å²) in [6.07, 6.45) is 6.19. The Hall–Kier alpha value is -1.98. The summed E-state index contributed by atoms with van der Waals surface area (Å²) in [4.78, 5) is 18.0. The third-order valence-corrected chi connectivity index (χ3v) is 6.49. The third kappa shape index (κ3) is 3.66. The number of aromatic nitrogens is 1. The van der Waals surface area contributed by atoms with E-state index >= 15 is 0 Å². The van der Waals surface area contributed by atoms with E-state index in [-0.39, 0.29) is 30.1 Å². The molecule has 1 N–H and O–H groups in total. The molecule has 29 heavy (non-hydrogen) atoms. The van der Waals surface area contributed by atoms with Crippen LogP contribution in [0.15, 0.2) is 18.2 Å². The summed E-state index contributed by atoms with van der Waals surface area (Å²) in [6.45, 7) is 1.73. The Kier molecular flexibility index (Phi) is 5.88. The molecule has 0 spiro atoms. The van der Waals surface area contributed by atoms with Gasteiger partial charge >= 0.3 is 5.97 Å². The van der Waals surface area contributed by atoms with E-state index in [0.29, 0.717) is 22.3 Å². The molecule has 4 rings (SSSR count). The van der Waals surface area contributed by atoms with Gasteiger partial charge in [-0.1, -0.05) is 24.4 Å². The van der Waals surface area contributed by atoms with Crippen molar-refractivity contribution in [3.05, 3.63) is 51.6 Å². The molecule has 6 heteroatoms. The van der Waals surface area contributed by atoms with Crippen molar-refractivity contribution in [3.8, 4) is 11.1 Å². The number of esters is 1. The molecule has 0 saturated heterocycles. The smallest absolute Gasteiger partial charge is 0.340 e. The first-order valence-electron chi connectivity index (χ1n) is 10.3. The summed E-state index contributed by atoms with van der Waals surface area (Å²) < 4.78 is 19.1. The molecule has 2 aliphatic rings. The Balaban J connectivity index is 2.03. The summed E-state index contributed by atoms with van der Waals surface area (Å²) in [6, 6.07) is 4.13. The highest BCUT2D eigenvalue weighted by Gasteiger charge is 2.35. The number of rotatable bonds is 6. The molecule has 1 heterocycles. The van der Waals surface area contributed by atoms with Crippen LogP contribution >= 0.6 is 11.6 Å². The largest absolute Gasteiger partial charge is 0.462 e. The lowest BCUT2D eigenvalue weighted by molar-refractivity contribution is 0.0523. The van der Waals surface area contributed by atoms with Crippen LogP contribution < -0.4 is 0 Å². The molecular formula is C23H25ClFNO3. The van der Waals surface area contributed by atoms with Gasteiger partial charge in [-0.15, -0.1) is 0 Å². The number of aliphatic hydroxyl groups excluding tert-OH is 1. The average molecular weight is 418 g/mol. The highest BCUT2D eigenvalue weighted by atomic mass is 35.5. The summed E-state index contributed by atoms with van der Waals surface area (Å²) in [5.74, 6) is -0.453. The first-order chi connectivity index (χ1) is 14.0. The Labute approximate surface area is 175 Å². The van der Waals surface area contributed by atoms with Crippen LogP contribution in [-0.4, -0.2) is 22.7 Å². The van der Waals surface area contributed by atoms with Gasteiger partial charge in [0.25, 0.3) is 0 Å². The topological polar surface area (TPSA) is 59.4 Å². The number of nitrogens with zero attached hydrogens (tertiary/aromatic N) is 1. The van der Waals surface area contributed by atoms with Gasteiger partial charge in [-0.2, -0.15) is 0 Å². The van der Waals surface area contributed by atoms with Crippen LogP contribution in [0.1, 0.15) is 84.6 Å². The van der Waals surface area contributed by atoms with E-state index in [9.17, 15) is 14.3 Å². The second kappa shape index (κ2) is 8.41. The third-order valence-electron chi connectivity index (χ3n) is 6.18. The first kappa shape index (κ1) is 20.3. The van der Waals surface area contributed by atoms with Crippen molar-refractivity contribution in [1.82, 2.24) is 4.98 Å². The molecule has 2 aromatic rings. The molecule has 0 radical (unpaired) electrons. The zero-order chi connectivity index (χ0) is 20.5. The van der Waals surface area contributed by atoms with Crippen LogP contribution in [0.3, 0.4) is 0 Å². The van der Waals surface area contributed by atoms with Gasteiger partial charge in [-0.05, 0) is 50.8 Å². The van der Waals surface area contributed by atoms with Crippen molar-refractivity contribution in [2.24, 2.45) is 0 Å². The van der Waals surface area contributed by atoms with Gasteiger partial charge < -0.3 is 9.84 Å². The van der Waals surface area contributed by atoms with Crippen molar-refractivity contribution < 1.29 is 19.0 Å². The fourth-order valence-electron chi connectivity index (χ4n) is 4.22. The van der Waals surface area contributed by atoms with Gasteiger partial charge in [0, 0.05) is 34.2 Å². The minimum absolute atomic E-state index is 0.193. The molecule has 0 atom stereocenters. The number of benzene rings is 1. The standard InChI is InChI=1S/C23H25ClFNO3/c1-2-29-23(28)20-19(16-10-9-15(25)11-18(16)24)17(12-27)21(13-5-3-6-13)26-22(20)14-7-4-8-14/h9-11,13-14,27H,2-8,12H2,1H3. The van der Waals surface area contributed by atoms with Crippen LogP contribution in [-0.2, 0) is 11.3 Å². The van der Waals surface area contributed by atoms with Crippen LogP contribution in [0.2, 0.25) is 5.02 Å². The van der Waals surface area contributed by atoms with E-state index in [1.54, 1.807) is 13.0 Å². The highest BCUT2D eigenvalue weighted by Crippen LogP contribution is 2.47. The van der Waals surface area contributed by atoms with Crippen LogP contribution in [0, 0.1) is 5.82 Å². The number of aliphatic hydroxyl groups is 1. The second-order valence-electron chi connectivity index (χ2n) is 7.87. The monoisotopic (exact) mass is 417 g/mol. The van der Waals surface area contributed by atoms with Crippen molar-refractivity contribution in [3.63, 3.8) is 0 Å². The number of ether oxygens (including phenoxy) is 1. The van der Waals surface area contributed by atoms with Crippen molar-refractivity contribution in [1.29, 1.82) is 0 Å². The molecule has 0 aliphatic heterocycles. The molecule has 0 unspecified atom stereocenters. The molecule has 1 aromatic carbocycles. The number of pyridine rings is 1. The second-order valence-corrected chi connectivity index (χ2v) is 8.28. The summed E-state index contributed by atoms with van der Waals surface area (Å²) in [5.41, 5.74) is 3.65. The minimum atomic E-state index is -0.466. The quantitative estimate of drug-likeness (QED) is 0.608. The van der Waals surface area contributed by atoms with Crippen LogP contribution in [0.4, 0.5) is 4.39 Å². The summed E-state index contributed by atoms with van der Waals surface area (Å²) in [5, 5.41) is 10.5. The van der Waals surface area contributed by atoms with Crippen LogP contribution in [0.25, 0.3) is 11.1 Å². The lowest BCUT2D eigenvalue weighted by atomic mass is 9.75. The fourth-order valence-corrected chi connectivity index (χ4v) is 4.48. The highest BCUT2D eigenvalue weighted by molar-refractivity contribution is 6.33. The van der Waals surface area contributed by atoms with E-state index in [4.69, 9.17) is 21.3 Å². The Morgan fingerprint density at radius 1 is 1.21 bits per heavy atom. The molecule has 4 nitrogen and oxygen atoms in total. The van der Waals surface area contributed by atoms with E-state index in [0.717, 1.165) is 49.9 Å². The van der Waals surface area contributed by atoms with Gasteiger partial charge in [0.2, 0.25) is 0 Å². The van der Waals surface area contributed by atoms with Gasteiger partial charge in [0.05, 0.1) is 29.5 Å². The molecule has 2 aliphatic carbocycles. The Bertz CT molecular complexity index is 938. The van der Waals surface area contributed by atoms with Crippen molar-refractivity contribution >= 4 is 17.6 Å². The molecule has 2 saturated carbocycles. The zero-order valence-corrected chi connectivity index (χ0v) is 17.3. The molecule has 2 fully saturated rings. The SMILES string of the molecule is CCOC(=O)c1c(C2CCC2)nc(C2CCC2)c(CO)c1-c1ccc(F)cc1Cl. The zero-order valence-electron chi connectivity index (χ0n) is 16.5. The normalized spacial score (nSPS) is 17.0. The van der Waals surface area contributed by atoms with Gasteiger partial charge in [0.15, 0.2) is 0 Å². The van der Waals surface area contributed by atoms with Crippen molar-refractivity contribution in [2.45, 2.75) is 63.9 Å². The molecule has 0 amide bonds. The number of hydrogen-bond donors (Lipinski definition) is 1. The maximum Gasteiger partial charge on any atom is 0.340 e. The number of carbonyl (C=O) groups excluding carboxylic acids is 1. The van der Waals surface area contributed by atoms with Gasteiger partial charge in [-0.25, -0.2) is 9.18 Å². The maximum atomic E-state index is 13.7. The predicted octanol–water partition coefficient (Wildman–Crippen LogP) is 5.75. The number of carbonyl (C=O) groups is 1. The maximum absolute atomic E-state index is 13.7. The Morgan fingerprint density at radius 3 is 2.38 bits per heavy atom. The van der Waals surface area contributed by atoms with Crippen molar-refractivity contribution in [2.75, 3.05) is 6.61 Å². The van der Waals surface area contributed by atoms with E-state index in [1.807, 2.05) is 0 Å². The molecular weight excluding hydrogens is 393 g/mol. The summed E-state index contributed by atoms with van der Waals surface area (Å²) >= 11 is 6.41. The van der Waals surface area contributed by atoms with E-state index in [2.05, 4.69) is 0 Å². The molecule has 154 valence electrons. The van der Waals surface area contributed by atoms with Gasteiger partial charge in [0.1, 0.15) is 5.82 Å².